The van der Waals surface area contributed by atoms with Crippen molar-refractivity contribution >= 4 is 15.4 Å². The van der Waals surface area contributed by atoms with Gasteiger partial charge in [0.25, 0.3) is 0 Å². The fourth-order valence-corrected chi connectivity index (χ4v) is 6.38. The van der Waals surface area contributed by atoms with Crippen molar-refractivity contribution in [1.29, 1.82) is 0 Å². The van der Waals surface area contributed by atoms with Gasteiger partial charge in [-0.25, -0.2) is 8.42 Å². The highest BCUT2D eigenvalue weighted by molar-refractivity contribution is 7.93. The second-order valence-corrected chi connectivity index (χ2v) is 11.4. The first-order chi connectivity index (χ1) is 13.2. The van der Waals surface area contributed by atoms with Crippen LogP contribution in [0.2, 0.25) is 0 Å². The van der Waals surface area contributed by atoms with E-state index in [4.69, 9.17) is 0 Å². The van der Waals surface area contributed by atoms with Crippen molar-refractivity contribution in [2.45, 2.75) is 30.8 Å². The van der Waals surface area contributed by atoms with Crippen molar-refractivity contribution in [3.63, 3.8) is 0 Å². The number of sulfone groups is 1. The van der Waals surface area contributed by atoms with Gasteiger partial charge in [0, 0.05) is 11.8 Å². The van der Waals surface area contributed by atoms with E-state index in [-0.39, 0.29) is 11.8 Å². The molecular formula is C25H26O2S. The fraction of sp³-hybridized carbons (Fsp3) is 0.280. The van der Waals surface area contributed by atoms with Gasteiger partial charge in [-0.05, 0) is 48.6 Å². The Morgan fingerprint density at radius 2 is 1.36 bits per heavy atom. The minimum atomic E-state index is -3.37. The molecule has 2 nitrogen and oxygen atoms in total. The number of fused-ring (bicyclic) bond motifs is 2. The lowest BCUT2D eigenvalue weighted by atomic mass is 9.87. The zero-order valence-corrected chi connectivity index (χ0v) is 17.4. The fourth-order valence-electron chi connectivity index (χ4n) is 4.45. The zero-order valence-electron chi connectivity index (χ0n) is 16.6. The lowest BCUT2D eigenvalue weighted by Crippen LogP contribution is -2.40. The second-order valence-electron chi connectivity index (χ2n) is 8.60. The van der Waals surface area contributed by atoms with Gasteiger partial charge in [0.2, 0.25) is 0 Å². The molecule has 3 heteroatoms. The number of hydrogen-bond donors (Lipinski definition) is 0. The van der Waals surface area contributed by atoms with Crippen LogP contribution in [0.25, 0.3) is 5.57 Å². The summed E-state index contributed by atoms with van der Waals surface area (Å²) in [6, 6.07) is 20.5. The molecule has 2 aliphatic rings. The van der Waals surface area contributed by atoms with Crippen LogP contribution in [0.1, 0.15) is 31.9 Å². The lowest BCUT2D eigenvalue weighted by Gasteiger charge is -2.29. The van der Waals surface area contributed by atoms with Gasteiger partial charge in [0.15, 0.2) is 9.84 Å². The van der Waals surface area contributed by atoms with Crippen LogP contribution in [0.3, 0.4) is 0 Å². The SMILES string of the molecule is C=C1[C@H]2C=C[C@H](C2=C(c2ccccc2)c2ccccc2)[C@H]1S(=O)(=O)C(C)(C)C. The monoisotopic (exact) mass is 390 g/mol. The molecule has 2 aliphatic carbocycles. The minimum Gasteiger partial charge on any atom is -0.228 e. The van der Waals surface area contributed by atoms with Crippen molar-refractivity contribution in [1.82, 2.24) is 0 Å². The molecule has 0 aliphatic heterocycles. The molecule has 0 radical (unpaired) electrons. The molecule has 2 aromatic carbocycles. The van der Waals surface area contributed by atoms with Crippen molar-refractivity contribution in [3.8, 4) is 0 Å². The summed E-state index contributed by atoms with van der Waals surface area (Å²) in [5, 5.41) is -0.556. The topological polar surface area (TPSA) is 34.1 Å². The van der Waals surface area contributed by atoms with Crippen molar-refractivity contribution < 1.29 is 8.42 Å². The van der Waals surface area contributed by atoms with E-state index in [1.807, 2.05) is 36.4 Å². The third-order valence-corrected chi connectivity index (χ3v) is 8.87. The number of rotatable bonds is 3. The van der Waals surface area contributed by atoms with Gasteiger partial charge < -0.3 is 0 Å². The molecule has 144 valence electrons. The predicted octanol–water partition coefficient (Wildman–Crippen LogP) is 5.44. The van der Waals surface area contributed by atoms with E-state index in [1.165, 1.54) is 5.57 Å². The third kappa shape index (κ3) is 2.80. The molecule has 0 amide bonds. The average molecular weight is 391 g/mol. The summed E-state index contributed by atoms with van der Waals surface area (Å²) in [6.07, 6.45) is 4.21. The van der Waals surface area contributed by atoms with E-state index in [1.54, 1.807) is 20.8 Å². The number of allylic oxidation sites excluding steroid dienone is 3. The Kier molecular flexibility index (Phi) is 4.46. The molecule has 28 heavy (non-hydrogen) atoms. The van der Waals surface area contributed by atoms with Crippen molar-refractivity contribution in [2.75, 3.05) is 0 Å². The standard InChI is InChI=1S/C25H26O2S/c1-17-20-15-16-21(24(17)28(26,27)25(2,3)4)23(20)22(18-11-7-5-8-12-18)19-13-9-6-10-14-19/h5-16,20-21,24H,1H2,2-4H3/t20-,21-,24+/m1/s1. The smallest absolute Gasteiger partial charge is 0.162 e. The quantitative estimate of drug-likeness (QED) is 0.654. The van der Waals surface area contributed by atoms with Crippen molar-refractivity contribution in [2.24, 2.45) is 11.8 Å². The van der Waals surface area contributed by atoms with E-state index in [2.05, 4.69) is 43.0 Å². The minimum absolute atomic E-state index is 0.0254. The molecule has 0 saturated heterocycles. The molecule has 2 aromatic rings. The lowest BCUT2D eigenvalue weighted by molar-refractivity contribution is 0.544. The normalized spacial score (nSPS) is 24.0. The Morgan fingerprint density at radius 3 is 1.82 bits per heavy atom. The predicted molar refractivity (Wildman–Crippen MR) is 117 cm³/mol. The summed E-state index contributed by atoms with van der Waals surface area (Å²) in [6.45, 7) is 9.60. The van der Waals surface area contributed by atoms with Crippen LogP contribution >= 0.6 is 0 Å². The molecule has 1 saturated carbocycles. The first kappa shape index (κ1) is 18.9. The van der Waals surface area contributed by atoms with Gasteiger partial charge in [-0.2, -0.15) is 0 Å². The van der Waals surface area contributed by atoms with Gasteiger partial charge in [0.05, 0.1) is 10.00 Å². The van der Waals surface area contributed by atoms with Gasteiger partial charge in [-0.3, -0.25) is 0 Å². The Morgan fingerprint density at radius 1 is 0.857 bits per heavy atom. The molecule has 0 unspecified atom stereocenters. The van der Waals surface area contributed by atoms with Gasteiger partial charge in [0.1, 0.15) is 0 Å². The Hall–Kier alpha value is -2.39. The molecule has 0 aromatic heterocycles. The maximum atomic E-state index is 13.4. The molecule has 0 heterocycles. The number of benzene rings is 2. The summed E-state index contributed by atoms with van der Waals surface area (Å²) in [7, 11) is -3.37. The molecule has 1 fully saturated rings. The van der Waals surface area contributed by atoms with Crippen LogP contribution in [0.5, 0.6) is 0 Å². The summed E-state index contributed by atoms with van der Waals surface area (Å²) in [5.74, 6) is -0.181. The van der Waals surface area contributed by atoms with E-state index < -0.39 is 19.8 Å². The highest BCUT2D eigenvalue weighted by atomic mass is 32.2. The highest BCUT2D eigenvalue weighted by Gasteiger charge is 2.53. The average Bonchev–Trinajstić information content (AvgIpc) is 3.18. The summed E-state index contributed by atoms with van der Waals surface area (Å²) in [4.78, 5) is 0. The summed E-state index contributed by atoms with van der Waals surface area (Å²) in [5.41, 5.74) is 5.34. The maximum Gasteiger partial charge on any atom is 0.162 e. The van der Waals surface area contributed by atoms with Crippen LogP contribution in [-0.4, -0.2) is 18.4 Å². The van der Waals surface area contributed by atoms with E-state index in [0.717, 1.165) is 22.3 Å². The second kappa shape index (κ2) is 6.59. The molecule has 4 rings (SSSR count). The Labute approximate surface area is 168 Å². The van der Waals surface area contributed by atoms with Crippen LogP contribution in [0.4, 0.5) is 0 Å². The first-order valence-electron chi connectivity index (χ1n) is 9.69. The Bertz CT molecular complexity index is 1030. The van der Waals surface area contributed by atoms with Crippen LogP contribution in [0.15, 0.2) is 90.5 Å². The Balaban J connectivity index is 1.96. The van der Waals surface area contributed by atoms with Gasteiger partial charge in [-0.1, -0.05) is 79.4 Å². The third-order valence-electron chi connectivity index (χ3n) is 5.90. The molecule has 0 N–H and O–H groups in total. The van der Waals surface area contributed by atoms with Crippen LogP contribution < -0.4 is 0 Å². The molecule has 0 spiro atoms. The summed E-state index contributed by atoms with van der Waals surface area (Å²) < 4.78 is 25.9. The van der Waals surface area contributed by atoms with E-state index in [0.29, 0.717) is 0 Å². The first-order valence-corrected chi connectivity index (χ1v) is 11.2. The molecular weight excluding hydrogens is 364 g/mol. The van der Waals surface area contributed by atoms with Crippen LogP contribution in [0, 0.1) is 11.8 Å². The highest BCUT2D eigenvalue weighted by Crippen LogP contribution is 2.54. The number of hydrogen-bond acceptors (Lipinski definition) is 2. The van der Waals surface area contributed by atoms with Gasteiger partial charge >= 0.3 is 0 Å². The summed E-state index contributed by atoms with van der Waals surface area (Å²) >= 11 is 0. The maximum absolute atomic E-state index is 13.4. The largest absolute Gasteiger partial charge is 0.228 e. The molecule has 2 bridgehead atoms. The molecule has 3 atom stereocenters. The van der Waals surface area contributed by atoms with Crippen LogP contribution in [-0.2, 0) is 9.84 Å². The van der Waals surface area contributed by atoms with E-state index >= 15 is 0 Å². The zero-order chi connectivity index (χ0) is 20.1. The van der Waals surface area contributed by atoms with Gasteiger partial charge in [-0.15, -0.1) is 0 Å². The van der Waals surface area contributed by atoms with Crippen molar-refractivity contribution in [3.05, 3.63) is 102 Å². The van der Waals surface area contributed by atoms with E-state index in [9.17, 15) is 8.42 Å².